The van der Waals surface area contributed by atoms with E-state index in [1.54, 1.807) is 48.5 Å². The molecule has 0 fully saturated rings. The minimum absolute atomic E-state index is 0.272. The van der Waals surface area contributed by atoms with Crippen LogP contribution < -0.4 is 10.0 Å². The number of benzene rings is 2. The molecule has 0 aliphatic carbocycles. The summed E-state index contributed by atoms with van der Waals surface area (Å²) in [6.45, 7) is 0.311. The largest absolute Gasteiger partial charge is 0.322 e. The van der Waals surface area contributed by atoms with Crippen LogP contribution >= 0.6 is 0 Å². The highest BCUT2D eigenvalue weighted by Gasteiger charge is 2.07. The number of rotatable bonds is 6. The standard InChI is InChI=1S/C17H17N3O3S/c1-24(22,23)19-10-9-13-5-7-15(8-6-13)17(21)20-16-4-2-3-14(11-16)12-18/h2-8,11,19H,9-10H2,1H3,(H,20,21). The van der Waals surface area contributed by atoms with Gasteiger partial charge in [-0.05, 0) is 42.3 Å². The Morgan fingerprint density at radius 3 is 2.50 bits per heavy atom. The molecule has 24 heavy (non-hydrogen) atoms. The molecule has 0 aliphatic rings. The minimum atomic E-state index is -3.19. The highest BCUT2D eigenvalue weighted by atomic mass is 32.2. The van der Waals surface area contributed by atoms with Crippen molar-refractivity contribution >= 4 is 21.6 Å². The molecule has 0 radical (unpaired) electrons. The molecular weight excluding hydrogens is 326 g/mol. The zero-order valence-corrected chi connectivity index (χ0v) is 13.9. The van der Waals surface area contributed by atoms with E-state index in [2.05, 4.69) is 10.0 Å². The number of amides is 1. The first-order valence-electron chi connectivity index (χ1n) is 7.22. The Kier molecular flexibility index (Phi) is 5.68. The van der Waals surface area contributed by atoms with Crippen molar-refractivity contribution in [2.45, 2.75) is 6.42 Å². The van der Waals surface area contributed by atoms with Crippen molar-refractivity contribution in [3.05, 3.63) is 65.2 Å². The zero-order valence-electron chi connectivity index (χ0n) is 13.1. The molecule has 124 valence electrons. The molecule has 0 unspecified atom stereocenters. The second kappa shape index (κ2) is 7.73. The third-order valence-electron chi connectivity index (χ3n) is 3.24. The summed E-state index contributed by atoms with van der Waals surface area (Å²) in [4.78, 5) is 12.2. The molecular formula is C17H17N3O3S. The number of nitrogens with zero attached hydrogens (tertiary/aromatic N) is 1. The highest BCUT2D eigenvalue weighted by Crippen LogP contribution is 2.12. The third-order valence-corrected chi connectivity index (χ3v) is 3.97. The van der Waals surface area contributed by atoms with Gasteiger partial charge in [-0.25, -0.2) is 13.1 Å². The van der Waals surface area contributed by atoms with Crippen molar-refractivity contribution in [3.63, 3.8) is 0 Å². The fourth-order valence-electron chi connectivity index (χ4n) is 2.07. The Labute approximate surface area is 141 Å². The van der Waals surface area contributed by atoms with Gasteiger partial charge in [-0.1, -0.05) is 18.2 Å². The fourth-order valence-corrected chi connectivity index (χ4v) is 2.55. The Morgan fingerprint density at radius 2 is 1.88 bits per heavy atom. The van der Waals surface area contributed by atoms with Crippen molar-refractivity contribution < 1.29 is 13.2 Å². The van der Waals surface area contributed by atoms with Gasteiger partial charge < -0.3 is 5.32 Å². The van der Waals surface area contributed by atoms with Crippen LogP contribution in [0, 0.1) is 11.3 Å². The van der Waals surface area contributed by atoms with E-state index in [0.717, 1.165) is 11.8 Å². The van der Waals surface area contributed by atoms with E-state index in [1.165, 1.54) is 0 Å². The topological polar surface area (TPSA) is 99.1 Å². The Balaban J connectivity index is 1.97. The molecule has 1 amide bonds. The van der Waals surface area contributed by atoms with Gasteiger partial charge in [-0.2, -0.15) is 5.26 Å². The van der Waals surface area contributed by atoms with Gasteiger partial charge >= 0.3 is 0 Å². The van der Waals surface area contributed by atoms with Crippen LogP contribution in [0.25, 0.3) is 0 Å². The van der Waals surface area contributed by atoms with Gasteiger partial charge in [-0.15, -0.1) is 0 Å². The highest BCUT2D eigenvalue weighted by molar-refractivity contribution is 7.88. The summed E-state index contributed by atoms with van der Waals surface area (Å²) in [5.74, 6) is -0.272. The van der Waals surface area contributed by atoms with Crippen LogP contribution in [-0.4, -0.2) is 27.1 Å². The molecule has 0 saturated carbocycles. The number of nitrogens with one attached hydrogen (secondary N) is 2. The molecule has 0 saturated heterocycles. The van der Waals surface area contributed by atoms with Crippen molar-refractivity contribution in [2.75, 3.05) is 18.1 Å². The maximum absolute atomic E-state index is 12.2. The van der Waals surface area contributed by atoms with E-state index in [0.29, 0.717) is 29.8 Å². The molecule has 2 rings (SSSR count). The minimum Gasteiger partial charge on any atom is -0.322 e. The SMILES string of the molecule is CS(=O)(=O)NCCc1ccc(C(=O)Nc2cccc(C#N)c2)cc1. The van der Waals surface area contributed by atoms with E-state index in [1.807, 2.05) is 6.07 Å². The molecule has 2 aromatic carbocycles. The molecule has 0 aliphatic heterocycles. The lowest BCUT2D eigenvalue weighted by Crippen LogP contribution is -2.24. The predicted molar refractivity (Wildman–Crippen MR) is 92.1 cm³/mol. The summed E-state index contributed by atoms with van der Waals surface area (Å²) in [5.41, 5.74) is 2.44. The smallest absolute Gasteiger partial charge is 0.255 e. The average molecular weight is 343 g/mol. The zero-order chi connectivity index (χ0) is 17.6. The lowest BCUT2D eigenvalue weighted by atomic mass is 10.1. The van der Waals surface area contributed by atoms with Crippen LogP contribution in [0.5, 0.6) is 0 Å². The van der Waals surface area contributed by atoms with Gasteiger partial charge in [-0.3, -0.25) is 4.79 Å². The van der Waals surface area contributed by atoms with E-state index in [4.69, 9.17) is 5.26 Å². The molecule has 2 N–H and O–H groups in total. The molecule has 0 bridgehead atoms. The summed E-state index contributed by atoms with van der Waals surface area (Å²) >= 11 is 0. The van der Waals surface area contributed by atoms with Crippen LogP contribution in [0.2, 0.25) is 0 Å². The van der Waals surface area contributed by atoms with Gasteiger partial charge in [0.15, 0.2) is 0 Å². The quantitative estimate of drug-likeness (QED) is 0.837. The number of sulfonamides is 1. The van der Waals surface area contributed by atoms with Crippen molar-refractivity contribution in [3.8, 4) is 6.07 Å². The molecule has 0 heterocycles. The molecule has 7 heteroatoms. The van der Waals surface area contributed by atoms with Crippen molar-refractivity contribution in [1.82, 2.24) is 4.72 Å². The Morgan fingerprint density at radius 1 is 1.17 bits per heavy atom. The monoisotopic (exact) mass is 343 g/mol. The summed E-state index contributed by atoms with van der Waals surface area (Å²) in [7, 11) is -3.19. The van der Waals surface area contributed by atoms with E-state index in [9.17, 15) is 13.2 Å². The number of anilines is 1. The number of carbonyl (C=O) groups excluding carboxylic acids is 1. The van der Waals surface area contributed by atoms with Crippen molar-refractivity contribution in [1.29, 1.82) is 5.26 Å². The Hall–Kier alpha value is -2.69. The van der Waals surface area contributed by atoms with Crippen LogP contribution in [0.4, 0.5) is 5.69 Å². The number of hydrogen-bond acceptors (Lipinski definition) is 4. The summed E-state index contributed by atoms with van der Waals surface area (Å²) in [5, 5.41) is 11.6. The van der Waals surface area contributed by atoms with Gasteiger partial charge in [0.2, 0.25) is 10.0 Å². The van der Waals surface area contributed by atoms with Gasteiger partial charge in [0.05, 0.1) is 17.9 Å². The summed E-state index contributed by atoms with van der Waals surface area (Å²) in [6, 6.07) is 15.6. The van der Waals surface area contributed by atoms with Gasteiger partial charge in [0, 0.05) is 17.8 Å². The average Bonchev–Trinajstić information content (AvgIpc) is 2.54. The predicted octanol–water partition coefficient (Wildman–Crippen LogP) is 1.90. The first kappa shape index (κ1) is 17.7. The summed E-state index contributed by atoms with van der Waals surface area (Å²) < 4.78 is 24.4. The normalized spacial score (nSPS) is 10.8. The van der Waals surface area contributed by atoms with Gasteiger partial charge in [0.25, 0.3) is 5.91 Å². The van der Waals surface area contributed by atoms with Gasteiger partial charge in [0.1, 0.15) is 0 Å². The van der Waals surface area contributed by atoms with Crippen LogP contribution in [0.1, 0.15) is 21.5 Å². The second-order valence-corrected chi connectivity index (χ2v) is 7.09. The van der Waals surface area contributed by atoms with Crippen molar-refractivity contribution in [2.24, 2.45) is 0 Å². The third kappa shape index (κ3) is 5.50. The van der Waals surface area contributed by atoms with Crippen LogP contribution in [-0.2, 0) is 16.4 Å². The van der Waals surface area contributed by atoms with Crippen LogP contribution in [0.15, 0.2) is 48.5 Å². The second-order valence-electron chi connectivity index (χ2n) is 5.26. The first-order chi connectivity index (χ1) is 11.4. The molecule has 0 atom stereocenters. The lowest BCUT2D eigenvalue weighted by Gasteiger charge is -2.07. The van der Waals surface area contributed by atoms with E-state index in [-0.39, 0.29) is 5.91 Å². The fraction of sp³-hybridized carbons (Fsp3) is 0.176. The number of hydrogen-bond donors (Lipinski definition) is 2. The van der Waals surface area contributed by atoms with E-state index < -0.39 is 10.0 Å². The Bertz CT molecular complexity index is 869. The van der Waals surface area contributed by atoms with E-state index >= 15 is 0 Å². The summed E-state index contributed by atoms with van der Waals surface area (Å²) in [6.07, 6.45) is 1.65. The van der Waals surface area contributed by atoms with Crippen LogP contribution in [0.3, 0.4) is 0 Å². The molecule has 0 spiro atoms. The maximum Gasteiger partial charge on any atom is 0.255 e. The number of nitriles is 1. The molecule has 0 aromatic heterocycles. The molecule has 2 aromatic rings. The maximum atomic E-state index is 12.2. The lowest BCUT2D eigenvalue weighted by molar-refractivity contribution is 0.102. The molecule has 6 nitrogen and oxygen atoms in total. The number of carbonyl (C=O) groups is 1. The first-order valence-corrected chi connectivity index (χ1v) is 9.11.